The lowest BCUT2D eigenvalue weighted by molar-refractivity contribution is -0.164. The number of carbonyl (C=O) groups is 2. The first kappa shape index (κ1) is 22.9. The number of hydrogen-bond donors (Lipinski definition) is 2. The molecule has 2 amide bonds. The Kier molecular flexibility index (Phi) is 7.18. The molecule has 4 rings (SSSR count). The molecule has 0 spiro atoms. The molecule has 0 bridgehead atoms. The molecule has 0 aromatic heterocycles. The van der Waals surface area contributed by atoms with Gasteiger partial charge >= 0.3 is 0 Å². The summed E-state index contributed by atoms with van der Waals surface area (Å²) >= 11 is 0. The van der Waals surface area contributed by atoms with E-state index in [2.05, 4.69) is 29.5 Å². The summed E-state index contributed by atoms with van der Waals surface area (Å²) in [5.74, 6) is 0.251. The lowest BCUT2D eigenvalue weighted by Gasteiger charge is -2.46. The highest BCUT2D eigenvalue weighted by Crippen LogP contribution is 2.37. The monoisotopic (exact) mass is 438 g/mol. The van der Waals surface area contributed by atoms with Gasteiger partial charge in [0.05, 0.1) is 0 Å². The molecule has 2 N–H and O–H groups in total. The van der Waals surface area contributed by atoms with Crippen LogP contribution in [0.1, 0.15) is 65.7 Å². The maximum Gasteiger partial charge on any atom is 0.251 e. The average Bonchev–Trinajstić information content (AvgIpc) is 2.76. The Morgan fingerprint density at radius 3 is 2.65 bits per heavy atom. The largest absolute Gasteiger partial charge is 0.351 e. The summed E-state index contributed by atoms with van der Waals surface area (Å²) in [4.78, 5) is 34.8. The molecule has 8 atom stereocenters. The van der Waals surface area contributed by atoms with Crippen molar-refractivity contribution in [3.05, 3.63) is 0 Å². The number of nitrogens with zero attached hydrogens (tertiary/aromatic N) is 2. The van der Waals surface area contributed by atoms with Crippen molar-refractivity contribution < 1.29 is 18.8 Å². The Labute approximate surface area is 185 Å². The number of hydrogen-bond acceptors (Lipinski definition) is 5. The predicted octanol–water partition coefficient (Wildman–Crippen LogP) is 2.01. The van der Waals surface area contributed by atoms with Gasteiger partial charge in [-0.2, -0.15) is 5.48 Å². The van der Waals surface area contributed by atoms with Crippen LogP contribution in [-0.2, 0) is 14.4 Å². The van der Waals surface area contributed by atoms with Gasteiger partial charge in [0.25, 0.3) is 5.91 Å². The summed E-state index contributed by atoms with van der Waals surface area (Å²) in [7, 11) is 0. The highest BCUT2D eigenvalue weighted by Gasteiger charge is 2.44. The van der Waals surface area contributed by atoms with Gasteiger partial charge in [-0.3, -0.25) is 19.3 Å². The normalized spacial score (nSPS) is 42.0. The molecule has 176 valence electrons. The molecule has 0 aromatic rings. The van der Waals surface area contributed by atoms with Crippen molar-refractivity contribution in [3.63, 3.8) is 0 Å². The van der Waals surface area contributed by atoms with Crippen molar-refractivity contribution in [1.29, 1.82) is 0 Å². The van der Waals surface area contributed by atoms with Crippen molar-refractivity contribution >= 4 is 11.8 Å². The van der Waals surface area contributed by atoms with Crippen molar-refractivity contribution in [2.75, 3.05) is 19.6 Å². The molecule has 2 heterocycles. The van der Waals surface area contributed by atoms with E-state index in [0.29, 0.717) is 24.8 Å². The van der Waals surface area contributed by atoms with Crippen molar-refractivity contribution in [1.82, 2.24) is 20.6 Å². The molecule has 2 saturated heterocycles. The van der Waals surface area contributed by atoms with Gasteiger partial charge in [-0.1, -0.05) is 6.92 Å². The van der Waals surface area contributed by atoms with E-state index < -0.39 is 12.3 Å². The van der Waals surface area contributed by atoms with Gasteiger partial charge in [0.1, 0.15) is 6.17 Å². The zero-order valence-corrected chi connectivity index (χ0v) is 19.2. The highest BCUT2D eigenvalue weighted by molar-refractivity contribution is 5.81. The summed E-state index contributed by atoms with van der Waals surface area (Å²) in [6, 6.07) is 0.782. The van der Waals surface area contributed by atoms with Crippen LogP contribution in [0, 0.1) is 11.8 Å². The third kappa shape index (κ3) is 5.06. The Bertz CT molecular complexity index is 665. The molecule has 4 fully saturated rings. The SMILES string of the molecule is CC(=O)N1CCN(C2CCCC(NC(=O)C3CC4C(F)CCC(C)C4NO3)C2)CC1C. The topological polar surface area (TPSA) is 73.9 Å². The number of rotatable bonds is 3. The van der Waals surface area contributed by atoms with Crippen LogP contribution in [0.3, 0.4) is 0 Å². The van der Waals surface area contributed by atoms with Crippen LogP contribution in [0.25, 0.3) is 0 Å². The van der Waals surface area contributed by atoms with Crippen molar-refractivity contribution in [2.24, 2.45) is 11.8 Å². The molecular weight excluding hydrogens is 399 g/mol. The second kappa shape index (κ2) is 9.71. The van der Waals surface area contributed by atoms with Crippen LogP contribution in [0.5, 0.6) is 0 Å². The predicted molar refractivity (Wildman–Crippen MR) is 116 cm³/mol. The molecule has 2 aliphatic heterocycles. The van der Waals surface area contributed by atoms with E-state index in [1.807, 2.05) is 4.90 Å². The van der Waals surface area contributed by atoms with Gasteiger partial charge < -0.3 is 10.2 Å². The Hall–Kier alpha value is -1.25. The van der Waals surface area contributed by atoms with E-state index >= 15 is 0 Å². The molecule has 2 saturated carbocycles. The van der Waals surface area contributed by atoms with Crippen LogP contribution >= 0.6 is 0 Å². The fraction of sp³-hybridized carbons (Fsp3) is 0.913. The van der Waals surface area contributed by atoms with Crippen molar-refractivity contribution in [3.8, 4) is 0 Å². The Morgan fingerprint density at radius 2 is 1.90 bits per heavy atom. The molecule has 4 aliphatic rings. The minimum Gasteiger partial charge on any atom is -0.351 e. The van der Waals surface area contributed by atoms with Gasteiger partial charge in [0.2, 0.25) is 5.91 Å². The number of piperazine rings is 1. The summed E-state index contributed by atoms with van der Waals surface area (Å²) < 4.78 is 14.5. The number of nitrogens with one attached hydrogen (secondary N) is 2. The summed E-state index contributed by atoms with van der Waals surface area (Å²) in [6.45, 7) is 8.43. The fourth-order valence-electron chi connectivity index (χ4n) is 6.28. The minimum absolute atomic E-state index is 0.00233. The van der Waals surface area contributed by atoms with Gasteiger partial charge in [-0.15, -0.1) is 0 Å². The number of fused-ring (bicyclic) bond motifs is 1. The second-order valence-corrected chi connectivity index (χ2v) is 10.3. The number of amides is 2. The zero-order chi connectivity index (χ0) is 22.1. The third-order valence-corrected chi connectivity index (χ3v) is 8.13. The number of carbonyl (C=O) groups excluding carboxylic acids is 2. The highest BCUT2D eigenvalue weighted by atomic mass is 19.1. The molecule has 7 nitrogen and oxygen atoms in total. The molecule has 0 aromatic carbocycles. The van der Waals surface area contributed by atoms with E-state index in [1.165, 1.54) is 0 Å². The molecule has 0 radical (unpaired) electrons. The van der Waals surface area contributed by atoms with Crippen LogP contribution in [-0.4, -0.2) is 77.7 Å². The van der Waals surface area contributed by atoms with Gasteiger partial charge in [-0.05, 0) is 57.8 Å². The first-order valence-corrected chi connectivity index (χ1v) is 12.2. The minimum atomic E-state index is -0.859. The van der Waals surface area contributed by atoms with E-state index in [1.54, 1.807) is 6.92 Å². The van der Waals surface area contributed by atoms with E-state index in [-0.39, 0.29) is 35.9 Å². The molecule has 8 heteroatoms. The maximum absolute atomic E-state index is 14.5. The molecular formula is C23H39FN4O3. The Morgan fingerprint density at radius 1 is 1.10 bits per heavy atom. The standard InChI is InChI=1S/C23H39FN4O3/c1-14-7-8-20(24)19-12-21(31-26-22(14)19)23(30)25-17-5-4-6-18(11-17)27-9-10-28(16(3)29)15(2)13-27/h14-15,17-22,26H,4-13H2,1-3H3,(H,25,30). The summed E-state index contributed by atoms with van der Waals surface area (Å²) in [6.07, 6.45) is 4.52. The van der Waals surface area contributed by atoms with E-state index in [4.69, 9.17) is 4.84 Å². The van der Waals surface area contributed by atoms with Crippen LogP contribution in [0.4, 0.5) is 4.39 Å². The maximum atomic E-state index is 14.5. The average molecular weight is 439 g/mol. The number of halogens is 1. The van der Waals surface area contributed by atoms with Gasteiger partial charge in [0.15, 0.2) is 6.10 Å². The van der Waals surface area contributed by atoms with Crippen molar-refractivity contribution in [2.45, 2.75) is 102 Å². The first-order chi connectivity index (χ1) is 14.8. The zero-order valence-electron chi connectivity index (χ0n) is 19.2. The van der Waals surface area contributed by atoms with Crippen LogP contribution < -0.4 is 10.8 Å². The number of hydroxylamine groups is 1. The van der Waals surface area contributed by atoms with Crippen LogP contribution in [0.2, 0.25) is 0 Å². The molecule has 31 heavy (non-hydrogen) atoms. The van der Waals surface area contributed by atoms with E-state index in [0.717, 1.165) is 51.7 Å². The smallest absolute Gasteiger partial charge is 0.251 e. The summed E-state index contributed by atoms with van der Waals surface area (Å²) in [5, 5.41) is 3.20. The first-order valence-electron chi connectivity index (χ1n) is 12.2. The molecule has 2 aliphatic carbocycles. The fourth-order valence-corrected chi connectivity index (χ4v) is 6.28. The molecule has 8 unspecified atom stereocenters. The Balaban J connectivity index is 1.29. The van der Waals surface area contributed by atoms with Gasteiger partial charge in [0, 0.05) is 56.6 Å². The quantitative estimate of drug-likeness (QED) is 0.705. The lowest BCUT2D eigenvalue weighted by atomic mass is 9.74. The van der Waals surface area contributed by atoms with Gasteiger partial charge in [-0.25, -0.2) is 4.39 Å². The van der Waals surface area contributed by atoms with Crippen LogP contribution in [0.15, 0.2) is 0 Å². The summed E-state index contributed by atoms with van der Waals surface area (Å²) in [5.41, 5.74) is 3.01. The third-order valence-electron chi connectivity index (χ3n) is 8.13. The lowest BCUT2D eigenvalue weighted by Crippen LogP contribution is -2.59. The number of alkyl halides is 1. The second-order valence-electron chi connectivity index (χ2n) is 10.3. The van der Waals surface area contributed by atoms with E-state index in [9.17, 15) is 14.0 Å².